The molecule has 0 bridgehead atoms. The van der Waals surface area contributed by atoms with E-state index in [4.69, 9.17) is 9.47 Å². The highest BCUT2D eigenvalue weighted by Crippen LogP contribution is 2.34. The molecule has 0 amide bonds. The molecule has 4 nitrogen and oxygen atoms in total. The van der Waals surface area contributed by atoms with Gasteiger partial charge in [-0.05, 0) is 26.7 Å². The van der Waals surface area contributed by atoms with Gasteiger partial charge in [-0.15, -0.1) is 0 Å². The molecule has 1 aromatic rings. The second-order valence-electron chi connectivity index (χ2n) is 4.88. The fraction of sp³-hybridized carbons (Fsp3) is 0.615. The molecule has 94 valence electrons. The van der Waals surface area contributed by atoms with E-state index in [1.807, 2.05) is 38.9 Å². The van der Waals surface area contributed by atoms with E-state index in [0.717, 1.165) is 24.3 Å². The highest BCUT2D eigenvalue weighted by molar-refractivity contribution is 5.51. The van der Waals surface area contributed by atoms with Gasteiger partial charge in [0.25, 0.3) is 5.88 Å². The van der Waals surface area contributed by atoms with E-state index >= 15 is 0 Å². The van der Waals surface area contributed by atoms with E-state index in [1.165, 1.54) is 0 Å². The Hall–Kier alpha value is -1.45. The minimum absolute atomic E-state index is 0.106. The predicted octanol–water partition coefficient (Wildman–Crippen LogP) is 2.48. The van der Waals surface area contributed by atoms with Crippen LogP contribution in [0.1, 0.15) is 26.7 Å². The zero-order valence-corrected chi connectivity index (χ0v) is 10.9. The second kappa shape index (κ2) is 4.82. The summed E-state index contributed by atoms with van der Waals surface area (Å²) in [6.45, 7) is 3.98. The van der Waals surface area contributed by atoms with Crippen LogP contribution in [0.3, 0.4) is 0 Å². The first kappa shape index (κ1) is 12.0. The van der Waals surface area contributed by atoms with Crippen molar-refractivity contribution in [3.63, 3.8) is 0 Å². The third kappa shape index (κ3) is 3.25. The van der Waals surface area contributed by atoms with Crippen LogP contribution in [0.5, 0.6) is 11.6 Å². The Kier molecular flexibility index (Phi) is 3.41. The summed E-state index contributed by atoms with van der Waals surface area (Å²) in [4.78, 5) is 6.34. The van der Waals surface area contributed by atoms with E-state index in [0.29, 0.717) is 12.0 Å². The summed E-state index contributed by atoms with van der Waals surface area (Å²) in [5, 5.41) is 0. The molecule has 0 saturated heterocycles. The Morgan fingerprint density at radius 2 is 2.06 bits per heavy atom. The summed E-state index contributed by atoms with van der Waals surface area (Å²) in [6, 6.07) is 1.99. The van der Waals surface area contributed by atoms with Crippen molar-refractivity contribution in [2.45, 2.75) is 38.9 Å². The molecule has 0 unspecified atom stereocenters. The molecule has 1 aliphatic rings. The molecule has 2 rings (SSSR count). The average molecular weight is 236 g/mol. The molecule has 0 aromatic carbocycles. The molecule has 4 heteroatoms. The molecule has 0 N–H and O–H groups in total. The number of ether oxygens (including phenoxy) is 2. The monoisotopic (exact) mass is 236 g/mol. The Labute approximate surface area is 103 Å². The molecule has 0 spiro atoms. The number of nitrogens with zero attached hydrogens (tertiary/aromatic N) is 2. The van der Waals surface area contributed by atoms with Gasteiger partial charge in [-0.25, -0.2) is 4.98 Å². The Balaban J connectivity index is 2.22. The Bertz CT molecular complexity index is 387. The van der Waals surface area contributed by atoms with Crippen molar-refractivity contribution in [2.75, 3.05) is 19.0 Å². The van der Waals surface area contributed by atoms with Crippen molar-refractivity contribution in [3.8, 4) is 11.6 Å². The summed E-state index contributed by atoms with van der Waals surface area (Å²) in [5.74, 6) is 1.35. The molecule has 1 fully saturated rings. The SMILES string of the molecule is CC(C)Oc1ncc(N(C)C)cc1OC1CC1. The van der Waals surface area contributed by atoms with Crippen LogP contribution >= 0.6 is 0 Å². The molecule has 1 aromatic heterocycles. The van der Waals surface area contributed by atoms with Gasteiger partial charge in [-0.2, -0.15) is 0 Å². The van der Waals surface area contributed by atoms with Gasteiger partial charge in [-0.3, -0.25) is 0 Å². The maximum Gasteiger partial charge on any atom is 0.257 e. The fourth-order valence-electron chi connectivity index (χ4n) is 1.43. The number of hydrogen-bond donors (Lipinski definition) is 0. The lowest BCUT2D eigenvalue weighted by Gasteiger charge is -2.17. The molecular formula is C13H20N2O2. The van der Waals surface area contributed by atoms with Crippen LogP contribution in [0.4, 0.5) is 5.69 Å². The molecule has 1 aliphatic carbocycles. The standard InChI is InChI=1S/C13H20N2O2/c1-9(2)16-13-12(17-11-5-6-11)7-10(8-14-13)15(3)4/h7-9,11H,5-6H2,1-4H3. The summed E-state index contributed by atoms with van der Waals surface area (Å²) >= 11 is 0. The van der Waals surface area contributed by atoms with Crippen LogP contribution in [-0.2, 0) is 0 Å². The first-order valence-corrected chi connectivity index (χ1v) is 6.07. The van der Waals surface area contributed by atoms with Crippen molar-refractivity contribution in [1.82, 2.24) is 4.98 Å². The lowest BCUT2D eigenvalue weighted by Crippen LogP contribution is -2.12. The summed E-state index contributed by atoms with van der Waals surface area (Å²) in [7, 11) is 3.97. The predicted molar refractivity (Wildman–Crippen MR) is 68.0 cm³/mol. The minimum Gasteiger partial charge on any atom is -0.485 e. The fourth-order valence-corrected chi connectivity index (χ4v) is 1.43. The van der Waals surface area contributed by atoms with Gasteiger partial charge >= 0.3 is 0 Å². The quantitative estimate of drug-likeness (QED) is 0.786. The minimum atomic E-state index is 0.106. The van der Waals surface area contributed by atoms with Crippen LogP contribution in [0, 0.1) is 0 Å². The maximum absolute atomic E-state index is 5.83. The van der Waals surface area contributed by atoms with Gasteiger partial charge in [0, 0.05) is 20.2 Å². The topological polar surface area (TPSA) is 34.6 Å². The van der Waals surface area contributed by atoms with E-state index in [2.05, 4.69) is 4.98 Å². The molecule has 0 aliphatic heterocycles. The van der Waals surface area contributed by atoms with Gasteiger partial charge in [0.05, 0.1) is 24.1 Å². The third-order valence-electron chi connectivity index (χ3n) is 2.49. The van der Waals surface area contributed by atoms with E-state index < -0.39 is 0 Å². The van der Waals surface area contributed by atoms with Gasteiger partial charge in [0.1, 0.15) is 0 Å². The largest absolute Gasteiger partial charge is 0.485 e. The van der Waals surface area contributed by atoms with Crippen LogP contribution < -0.4 is 14.4 Å². The zero-order valence-electron chi connectivity index (χ0n) is 10.9. The summed E-state index contributed by atoms with van der Waals surface area (Å²) in [6.07, 6.45) is 4.52. The smallest absolute Gasteiger partial charge is 0.257 e. The van der Waals surface area contributed by atoms with Crippen molar-refractivity contribution < 1.29 is 9.47 Å². The Morgan fingerprint density at radius 1 is 1.35 bits per heavy atom. The normalized spacial score (nSPS) is 14.9. The van der Waals surface area contributed by atoms with Crippen LogP contribution in [0.25, 0.3) is 0 Å². The van der Waals surface area contributed by atoms with Crippen molar-refractivity contribution in [1.29, 1.82) is 0 Å². The highest BCUT2D eigenvalue weighted by atomic mass is 16.5. The van der Waals surface area contributed by atoms with Gasteiger partial charge in [-0.1, -0.05) is 0 Å². The molecule has 0 radical (unpaired) electrons. The number of pyridine rings is 1. The lowest BCUT2D eigenvalue weighted by molar-refractivity contribution is 0.208. The van der Waals surface area contributed by atoms with E-state index in [9.17, 15) is 0 Å². The van der Waals surface area contributed by atoms with Crippen LogP contribution in [0.2, 0.25) is 0 Å². The summed E-state index contributed by atoms with van der Waals surface area (Å²) in [5.41, 5.74) is 1.02. The average Bonchev–Trinajstić information content (AvgIpc) is 3.03. The zero-order chi connectivity index (χ0) is 12.4. The first-order chi connectivity index (χ1) is 8.06. The number of aromatic nitrogens is 1. The molecule has 0 atom stereocenters. The first-order valence-electron chi connectivity index (χ1n) is 6.07. The van der Waals surface area contributed by atoms with Crippen molar-refractivity contribution >= 4 is 5.69 Å². The molecule has 1 saturated carbocycles. The maximum atomic E-state index is 5.83. The van der Waals surface area contributed by atoms with Gasteiger partial charge in [0.15, 0.2) is 5.75 Å². The van der Waals surface area contributed by atoms with Gasteiger partial charge in [0.2, 0.25) is 0 Å². The van der Waals surface area contributed by atoms with Gasteiger partial charge < -0.3 is 14.4 Å². The summed E-state index contributed by atoms with van der Waals surface area (Å²) < 4.78 is 11.5. The van der Waals surface area contributed by atoms with Crippen molar-refractivity contribution in [3.05, 3.63) is 12.3 Å². The molecule has 1 heterocycles. The molecular weight excluding hydrogens is 216 g/mol. The van der Waals surface area contributed by atoms with Crippen LogP contribution in [-0.4, -0.2) is 31.3 Å². The number of rotatable bonds is 5. The number of hydrogen-bond acceptors (Lipinski definition) is 4. The molecule has 17 heavy (non-hydrogen) atoms. The lowest BCUT2D eigenvalue weighted by atomic mass is 10.3. The third-order valence-corrected chi connectivity index (χ3v) is 2.49. The van der Waals surface area contributed by atoms with E-state index in [-0.39, 0.29) is 6.10 Å². The highest BCUT2D eigenvalue weighted by Gasteiger charge is 2.25. The number of anilines is 1. The Morgan fingerprint density at radius 3 is 2.59 bits per heavy atom. The van der Waals surface area contributed by atoms with E-state index in [1.54, 1.807) is 6.20 Å². The van der Waals surface area contributed by atoms with Crippen molar-refractivity contribution in [2.24, 2.45) is 0 Å². The van der Waals surface area contributed by atoms with Crippen LogP contribution in [0.15, 0.2) is 12.3 Å². The second-order valence-corrected chi connectivity index (χ2v) is 4.88.